The molecule has 0 saturated heterocycles. The minimum absolute atomic E-state index is 0.287. The molecule has 0 N–H and O–H groups in total. The number of amides is 1. The van der Waals surface area contributed by atoms with Crippen LogP contribution in [0.1, 0.15) is 6.42 Å². The van der Waals surface area contributed by atoms with E-state index in [9.17, 15) is 4.79 Å². The van der Waals surface area contributed by atoms with Gasteiger partial charge in [0.1, 0.15) is 12.1 Å². The highest BCUT2D eigenvalue weighted by molar-refractivity contribution is 6.27. The molecule has 5 nitrogen and oxygen atoms in total. The normalized spacial score (nSPS) is 19.5. The number of carbonyl (C=O) groups excluding carboxylic acids is 1. The zero-order valence-corrected chi connectivity index (χ0v) is 8.48. The van der Waals surface area contributed by atoms with Gasteiger partial charge in [0.2, 0.25) is 0 Å². The molecule has 0 aromatic carbocycles. The Hall–Kier alpha value is -1.91. The van der Waals surface area contributed by atoms with Crippen LogP contribution in [0, 0.1) is 0 Å². The zero-order valence-electron chi connectivity index (χ0n) is 8.48. The van der Waals surface area contributed by atoms with E-state index in [1.807, 2.05) is 0 Å². The molecule has 1 amide bonds. The van der Waals surface area contributed by atoms with E-state index in [4.69, 9.17) is 9.47 Å². The van der Waals surface area contributed by atoms with Crippen LogP contribution >= 0.6 is 0 Å². The Balaban J connectivity index is 2.45. The van der Waals surface area contributed by atoms with Gasteiger partial charge in [-0.1, -0.05) is 0 Å². The summed E-state index contributed by atoms with van der Waals surface area (Å²) in [6, 6.07) is 0. The largest absolute Gasteiger partial charge is 0.497 e. The lowest BCUT2D eigenvalue weighted by Gasteiger charge is -2.19. The third kappa shape index (κ3) is 1.56. The van der Waals surface area contributed by atoms with Crippen molar-refractivity contribution in [2.75, 3.05) is 14.2 Å². The number of fused-ring (bicyclic) bond motifs is 1. The minimum atomic E-state index is -0.287. The van der Waals surface area contributed by atoms with E-state index in [2.05, 4.69) is 9.98 Å². The maximum absolute atomic E-state index is 11.4. The molecule has 2 aliphatic rings. The molecule has 78 valence electrons. The molecule has 1 aliphatic carbocycles. The van der Waals surface area contributed by atoms with Crippen LogP contribution < -0.4 is 0 Å². The number of aliphatic imine (C=N–C) groups is 2. The molecule has 1 aliphatic heterocycles. The number of hydrogen-bond acceptors (Lipinski definition) is 4. The highest BCUT2D eigenvalue weighted by atomic mass is 16.5. The number of rotatable bonds is 2. The van der Waals surface area contributed by atoms with E-state index in [1.165, 1.54) is 13.4 Å². The lowest BCUT2D eigenvalue weighted by molar-refractivity contribution is -0.113. The van der Waals surface area contributed by atoms with Crippen molar-refractivity contribution in [3.63, 3.8) is 0 Å². The Kier molecular flexibility index (Phi) is 2.37. The summed E-state index contributed by atoms with van der Waals surface area (Å²) in [5.41, 5.74) is 1.16. The number of hydrogen-bond donors (Lipinski definition) is 0. The number of nitrogens with zero attached hydrogens (tertiary/aromatic N) is 2. The van der Waals surface area contributed by atoms with Crippen LogP contribution in [0.25, 0.3) is 0 Å². The summed E-state index contributed by atoms with van der Waals surface area (Å²) < 4.78 is 10.3. The van der Waals surface area contributed by atoms with Crippen molar-refractivity contribution < 1.29 is 14.3 Å². The summed E-state index contributed by atoms with van der Waals surface area (Å²) >= 11 is 0. The molecule has 0 spiro atoms. The van der Waals surface area contributed by atoms with Gasteiger partial charge in [0.05, 0.1) is 31.9 Å². The number of ether oxygens (including phenoxy) is 2. The monoisotopic (exact) mass is 206 g/mol. The van der Waals surface area contributed by atoms with E-state index >= 15 is 0 Å². The molecule has 0 radical (unpaired) electrons. The molecule has 15 heavy (non-hydrogen) atoms. The van der Waals surface area contributed by atoms with Crippen molar-refractivity contribution in [3.05, 3.63) is 23.2 Å². The lowest BCUT2D eigenvalue weighted by Crippen LogP contribution is -2.21. The van der Waals surface area contributed by atoms with E-state index < -0.39 is 0 Å². The first-order valence-electron chi connectivity index (χ1n) is 4.43. The van der Waals surface area contributed by atoms with Crippen molar-refractivity contribution in [2.24, 2.45) is 9.98 Å². The Bertz CT molecular complexity index is 430. The van der Waals surface area contributed by atoms with E-state index in [0.29, 0.717) is 29.2 Å². The topological polar surface area (TPSA) is 60.2 Å². The number of carbonyl (C=O) groups is 1. The van der Waals surface area contributed by atoms with Crippen LogP contribution in [0.5, 0.6) is 0 Å². The maximum Gasteiger partial charge on any atom is 0.280 e. The second kappa shape index (κ2) is 3.68. The molecule has 0 atom stereocenters. The average molecular weight is 206 g/mol. The third-order valence-corrected chi connectivity index (χ3v) is 2.27. The van der Waals surface area contributed by atoms with E-state index in [1.54, 1.807) is 13.2 Å². The molecule has 1 heterocycles. The molecule has 0 unspecified atom stereocenters. The fraction of sp³-hybridized carbons (Fsp3) is 0.300. The zero-order chi connectivity index (χ0) is 10.8. The summed E-state index contributed by atoms with van der Waals surface area (Å²) in [6.45, 7) is 0. The van der Waals surface area contributed by atoms with E-state index in [-0.39, 0.29) is 5.91 Å². The summed E-state index contributed by atoms with van der Waals surface area (Å²) in [4.78, 5) is 19.0. The third-order valence-electron chi connectivity index (χ3n) is 2.27. The van der Waals surface area contributed by atoms with Gasteiger partial charge in [-0.25, -0.2) is 4.99 Å². The van der Waals surface area contributed by atoms with Gasteiger partial charge >= 0.3 is 0 Å². The molecular weight excluding hydrogens is 196 g/mol. The van der Waals surface area contributed by atoms with Crippen molar-refractivity contribution in [1.82, 2.24) is 0 Å². The summed E-state index contributed by atoms with van der Waals surface area (Å²) in [7, 11) is 3.09. The molecule has 5 heteroatoms. The standard InChI is InChI=1S/C10H10N2O3/c1-14-8-3-6-7(4-9(8)15-2)11-5-12-10(6)13/h3,5H,4H2,1-2H3. The minimum Gasteiger partial charge on any atom is -0.497 e. The molecular formula is C10H10N2O3. The quantitative estimate of drug-likeness (QED) is 0.672. The summed E-state index contributed by atoms with van der Waals surface area (Å²) in [6.07, 6.45) is 3.34. The molecule has 0 fully saturated rings. The molecule has 0 bridgehead atoms. The Morgan fingerprint density at radius 3 is 2.80 bits per heavy atom. The van der Waals surface area contributed by atoms with Gasteiger partial charge in [-0.3, -0.25) is 4.79 Å². The lowest BCUT2D eigenvalue weighted by atomic mass is 9.98. The van der Waals surface area contributed by atoms with Gasteiger partial charge in [0.15, 0.2) is 5.76 Å². The first kappa shape index (κ1) is 9.64. The van der Waals surface area contributed by atoms with Crippen LogP contribution in [-0.2, 0) is 14.3 Å². The predicted molar refractivity (Wildman–Crippen MR) is 54.7 cm³/mol. The predicted octanol–water partition coefficient (Wildman–Crippen LogP) is 0.830. The van der Waals surface area contributed by atoms with Crippen LogP contribution in [0.15, 0.2) is 33.2 Å². The van der Waals surface area contributed by atoms with Gasteiger partial charge in [-0.2, -0.15) is 4.99 Å². The van der Waals surface area contributed by atoms with Crippen molar-refractivity contribution in [3.8, 4) is 0 Å². The first-order valence-corrected chi connectivity index (χ1v) is 4.43. The van der Waals surface area contributed by atoms with Crippen LogP contribution in [-0.4, -0.2) is 32.2 Å². The van der Waals surface area contributed by atoms with Crippen LogP contribution in [0.2, 0.25) is 0 Å². The molecule has 2 rings (SSSR count). The van der Waals surface area contributed by atoms with Gasteiger partial charge < -0.3 is 9.47 Å². The van der Waals surface area contributed by atoms with Gasteiger partial charge in [0.25, 0.3) is 5.91 Å². The fourth-order valence-corrected chi connectivity index (χ4v) is 1.50. The second-order valence-corrected chi connectivity index (χ2v) is 3.06. The van der Waals surface area contributed by atoms with Crippen LogP contribution in [0.3, 0.4) is 0 Å². The van der Waals surface area contributed by atoms with Crippen LogP contribution in [0.4, 0.5) is 0 Å². The van der Waals surface area contributed by atoms with Crippen molar-refractivity contribution in [2.45, 2.75) is 6.42 Å². The number of allylic oxidation sites excluding steroid dienone is 2. The van der Waals surface area contributed by atoms with Crippen molar-refractivity contribution >= 4 is 18.0 Å². The highest BCUT2D eigenvalue weighted by Gasteiger charge is 2.26. The van der Waals surface area contributed by atoms with Gasteiger partial charge in [-0.05, 0) is 6.08 Å². The van der Waals surface area contributed by atoms with Crippen molar-refractivity contribution in [1.29, 1.82) is 0 Å². The Morgan fingerprint density at radius 1 is 1.33 bits per heavy atom. The Morgan fingerprint density at radius 2 is 2.13 bits per heavy atom. The molecule has 0 aromatic heterocycles. The second-order valence-electron chi connectivity index (χ2n) is 3.06. The van der Waals surface area contributed by atoms with Gasteiger partial charge in [-0.15, -0.1) is 0 Å². The number of methoxy groups -OCH3 is 2. The SMILES string of the molecule is COC1=C(OC)CC2=NC=NC(=O)C2=C1. The van der Waals surface area contributed by atoms with E-state index in [0.717, 1.165) is 0 Å². The average Bonchev–Trinajstić information content (AvgIpc) is 2.28. The Labute approximate surface area is 86.8 Å². The molecule has 0 saturated carbocycles. The fourth-order valence-electron chi connectivity index (χ4n) is 1.50. The smallest absolute Gasteiger partial charge is 0.280 e. The van der Waals surface area contributed by atoms with Gasteiger partial charge in [0, 0.05) is 0 Å². The maximum atomic E-state index is 11.4. The first-order chi connectivity index (χ1) is 7.26. The summed E-state index contributed by atoms with van der Waals surface area (Å²) in [5, 5.41) is 0. The summed E-state index contributed by atoms with van der Waals surface area (Å²) in [5.74, 6) is 0.935. The molecule has 0 aromatic rings. The highest BCUT2D eigenvalue weighted by Crippen LogP contribution is 2.25.